The van der Waals surface area contributed by atoms with Crippen molar-refractivity contribution in [3.8, 4) is 0 Å². The number of nitrogens with two attached hydrogens (primary N) is 1. The quantitative estimate of drug-likeness (QED) is 0.791. The van der Waals surface area contributed by atoms with E-state index in [4.69, 9.17) is 10.8 Å². The Morgan fingerprint density at radius 1 is 1.25 bits per heavy atom. The molecule has 0 aliphatic carbocycles. The van der Waals surface area contributed by atoms with Crippen molar-refractivity contribution >= 4 is 0 Å². The molecule has 0 spiro atoms. The van der Waals surface area contributed by atoms with Gasteiger partial charge in [-0.15, -0.1) is 0 Å². The van der Waals surface area contributed by atoms with E-state index in [1.54, 1.807) is 0 Å². The van der Waals surface area contributed by atoms with Crippen LogP contribution in [-0.4, -0.2) is 17.4 Å². The third-order valence-corrected chi connectivity index (χ3v) is 2.16. The summed E-state index contributed by atoms with van der Waals surface area (Å²) in [4.78, 5) is 0. The Labute approximate surface area is 89.7 Å². The van der Waals surface area contributed by atoms with Crippen molar-refractivity contribution in [1.29, 1.82) is 0 Å². The molecule has 0 fully saturated rings. The number of hydrogen-bond donors (Lipinski definition) is 2. The lowest BCUT2D eigenvalue weighted by Gasteiger charge is -2.19. The summed E-state index contributed by atoms with van der Waals surface area (Å²) in [5.41, 5.74) is 5.36. The molecular formula is C10H11F4NO. The number of rotatable bonds is 3. The highest BCUT2D eigenvalue weighted by Crippen LogP contribution is 2.27. The number of benzene rings is 1. The van der Waals surface area contributed by atoms with E-state index in [0.717, 1.165) is 6.07 Å². The SMILES string of the molecule is N[C@@H](C[C@H](O)C(F)(F)F)c1ccccc1F. The van der Waals surface area contributed by atoms with Crippen molar-refractivity contribution < 1.29 is 22.7 Å². The Morgan fingerprint density at radius 2 is 1.81 bits per heavy atom. The Kier molecular flexibility index (Phi) is 3.88. The van der Waals surface area contributed by atoms with E-state index in [1.807, 2.05) is 0 Å². The predicted molar refractivity (Wildman–Crippen MR) is 50.0 cm³/mol. The van der Waals surface area contributed by atoms with Crippen LogP contribution >= 0.6 is 0 Å². The molecule has 16 heavy (non-hydrogen) atoms. The largest absolute Gasteiger partial charge is 0.414 e. The summed E-state index contributed by atoms with van der Waals surface area (Å²) in [7, 11) is 0. The maximum Gasteiger partial charge on any atom is 0.414 e. The number of hydrogen-bond acceptors (Lipinski definition) is 2. The van der Waals surface area contributed by atoms with Crippen LogP contribution in [0.3, 0.4) is 0 Å². The molecule has 1 rings (SSSR count). The molecule has 2 nitrogen and oxygen atoms in total. The van der Waals surface area contributed by atoms with Gasteiger partial charge in [0.15, 0.2) is 6.10 Å². The van der Waals surface area contributed by atoms with E-state index in [2.05, 4.69) is 0 Å². The van der Waals surface area contributed by atoms with Gasteiger partial charge in [0.25, 0.3) is 0 Å². The molecule has 90 valence electrons. The van der Waals surface area contributed by atoms with Gasteiger partial charge in [0.2, 0.25) is 0 Å². The lowest BCUT2D eigenvalue weighted by molar-refractivity contribution is -0.206. The summed E-state index contributed by atoms with van der Waals surface area (Å²) in [5, 5.41) is 8.78. The van der Waals surface area contributed by atoms with Crippen LogP contribution in [0.4, 0.5) is 17.6 Å². The van der Waals surface area contributed by atoms with Crippen LogP contribution < -0.4 is 5.73 Å². The Morgan fingerprint density at radius 3 is 2.31 bits per heavy atom. The zero-order valence-electron chi connectivity index (χ0n) is 8.21. The van der Waals surface area contributed by atoms with E-state index in [1.165, 1.54) is 18.2 Å². The number of alkyl halides is 3. The van der Waals surface area contributed by atoms with Gasteiger partial charge in [0.1, 0.15) is 5.82 Å². The molecule has 0 amide bonds. The molecule has 6 heteroatoms. The summed E-state index contributed by atoms with van der Waals surface area (Å²) in [6, 6.07) is 4.10. The Hall–Kier alpha value is -1.14. The molecule has 0 bridgehead atoms. The molecule has 0 heterocycles. The van der Waals surface area contributed by atoms with Crippen LogP contribution in [0, 0.1) is 5.82 Å². The molecule has 1 aromatic rings. The van der Waals surface area contributed by atoms with Gasteiger partial charge in [0, 0.05) is 18.0 Å². The fourth-order valence-electron chi connectivity index (χ4n) is 1.28. The summed E-state index contributed by atoms with van der Waals surface area (Å²) in [5.74, 6) is -0.677. The topological polar surface area (TPSA) is 46.2 Å². The van der Waals surface area contributed by atoms with Gasteiger partial charge in [-0.25, -0.2) is 4.39 Å². The maximum absolute atomic E-state index is 13.1. The average molecular weight is 237 g/mol. The first-order valence-corrected chi connectivity index (χ1v) is 4.57. The minimum absolute atomic E-state index is 0.0363. The minimum atomic E-state index is -4.73. The molecule has 3 N–H and O–H groups in total. The highest BCUT2D eigenvalue weighted by atomic mass is 19.4. The predicted octanol–water partition coefficient (Wildman–Crippen LogP) is 2.14. The van der Waals surface area contributed by atoms with Crippen LogP contribution in [0.15, 0.2) is 24.3 Å². The number of aliphatic hydroxyl groups excluding tert-OH is 1. The van der Waals surface area contributed by atoms with E-state index in [0.29, 0.717) is 0 Å². The normalized spacial score (nSPS) is 15.9. The summed E-state index contributed by atoms with van der Waals surface area (Å²) in [6.07, 6.45) is -8.03. The Bertz CT molecular complexity index is 353. The molecule has 0 saturated heterocycles. The minimum Gasteiger partial charge on any atom is -0.384 e. The second-order valence-corrected chi connectivity index (χ2v) is 3.42. The molecule has 2 atom stereocenters. The third-order valence-electron chi connectivity index (χ3n) is 2.16. The molecule has 0 unspecified atom stereocenters. The first kappa shape index (κ1) is 12.9. The van der Waals surface area contributed by atoms with Crippen molar-refractivity contribution in [2.24, 2.45) is 5.73 Å². The second kappa shape index (κ2) is 4.80. The van der Waals surface area contributed by atoms with Gasteiger partial charge < -0.3 is 10.8 Å². The fraction of sp³-hybridized carbons (Fsp3) is 0.400. The van der Waals surface area contributed by atoms with Gasteiger partial charge in [-0.05, 0) is 6.07 Å². The summed E-state index contributed by atoms with van der Waals surface area (Å²) >= 11 is 0. The van der Waals surface area contributed by atoms with Crippen LogP contribution in [0.5, 0.6) is 0 Å². The zero-order chi connectivity index (χ0) is 12.3. The molecular weight excluding hydrogens is 226 g/mol. The highest BCUT2D eigenvalue weighted by Gasteiger charge is 2.39. The van der Waals surface area contributed by atoms with Crippen LogP contribution in [0.1, 0.15) is 18.0 Å². The van der Waals surface area contributed by atoms with Crippen molar-refractivity contribution in [3.05, 3.63) is 35.6 Å². The van der Waals surface area contributed by atoms with Crippen molar-refractivity contribution in [2.45, 2.75) is 24.7 Å². The summed E-state index contributed by atoms with van der Waals surface area (Å²) in [6.45, 7) is 0. The third kappa shape index (κ3) is 3.18. The van der Waals surface area contributed by atoms with E-state index in [-0.39, 0.29) is 5.56 Å². The maximum atomic E-state index is 13.1. The molecule has 0 aliphatic heterocycles. The lowest BCUT2D eigenvalue weighted by Crippen LogP contribution is -2.32. The Balaban J connectivity index is 2.73. The summed E-state index contributed by atoms with van der Waals surface area (Å²) < 4.78 is 49.2. The van der Waals surface area contributed by atoms with E-state index < -0.39 is 30.6 Å². The van der Waals surface area contributed by atoms with Crippen LogP contribution in [0.2, 0.25) is 0 Å². The van der Waals surface area contributed by atoms with Gasteiger partial charge in [-0.2, -0.15) is 13.2 Å². The van der Waals surface area contributed by atoms with Crippen molar-refractivity contribution in [3.63, 3.8) is 0 Å². The van der Waals surface area contributed by atoms with Gasteiger partial charge in [-0.3, -0.25) is 0 Å². The van der Waals surface area contributed by atoms with Gasteiger partial charge >= 0.3 is 6.18 Å². The zero-order valence-corrected chi connectivity index (χ0v) is 8.21. The monoisotopic (exact) mass is 237 g/mol. The fourth-order valence-corrected chi connectivity index (χ4v) is 1.28. The lowest BCUT2D eigenvalue weighted by atomic mass is 10.0. The smallest absolute Gasteiger partial charge is 0.384 e. The van der Waals surface area contributed by atoms with Crippen LogP contribution in [-0.2, 0) is 0 Å². The van der Waals surface area contributed by atoms with Crippen molar-refractivity contribution in [1.82, 2.24) is 0 Å². The molecule has 0 aliphatic rings. The first-order chi connectivity index (χ1) is 7.32. The molecule has 0 aromatic heterocycles. The van der Waals surface area contributed by atoms with E-state index in [9.17, 15) is 17.6 Å². The second-order valence-electron chi connectivity index (χ2n) is 3.42. The van der Waals surface area contributed by atoms with Gasteiger partial charge in [-0.1, -0.05) is 18.2 Å². The molecule has 1 aromatic carbocycles. The van der Waals surface area contributed by atoms with E-state index >= 15 is 0 Å². The molecule has 0 saturated carbocycles. The average Bonchev–Trinajstić information content (AvgIpc) is 2.16. The van der Waals surface area contributed by atoms with Crippen molar-refractivity contribution in [2.75, 3.05) is 0 Å². The first-order valence-electron chi connectivity index (χ1n) is 4.57. The standard InChI is InChI=1S/C10H11F4NO/c11-7-4-2-1-3-6(7)8(15)5-9(16)10(12,13)14/h1-4,8-9,16H,5,15H2/t8-,9-/m0/s1. The molecule has 0 radical (unpaired) electrons. The number of aliphatic hydroxyl groups is 1. The highest BCUT2D eigenvalue weighted by molar-refractivity contribution is 5.20. The van der Waals surface area contributed by atoms with Gasteiger partial charge in [0.05, 0.1) is 0 Å². The number of halogens is 4. The van der Waals surface area contributed by atoms with Crippen LogP contribution in [0.25, 0.3) is 0 Å².